The van der Waals surface area contributed by atoms with Crippen molar-refractivity contribution in [3.8, 4) is 0 Å². The largest absolute Gasteiger partial charge is 0.354 e. The van der Waals surface area contributed by atoms with Crippen LogP contribution in [0.15, 0.2) is 39.8 Å². The quantitative estimate of drug-likeness (QED) is 0.748. The average molecular weight is 353 g/mol. The van der Waals surface area contributed by atoms with Crippen molar-refractivity contribution in [2.75, 3.05) is 23.4 Å². The molecule has 1 aromatic heterocycles. The Kier molecular flexibility index (Phi) is 5.67. The third-order valence-electron chi connectivity index (χ3n) is 2.64. The first-order valence-corrected chi connectivity index (χ1v) is 8.42. The number of aromatic nitrogens is 2. The molecule has 0 aliphatic rings. The number of nitrogens with one attached hydrogen (secondary N) is 2. The van der Waals surface area contributed by atoms with Crippen molar-refractivity contribution in [1.29, 1.82) is 0 Å². The number of hydrogen-bond acceptors (Lipinski definition) is 5. The predicted octanol–water partition coefficient (Wildman–Crippen LogP) is 4.53. The van der Waals surface area contributed by atoms with Gasteiger partial charge in [-0.1, -0.05) is 19.1 Å². The molecule has 0 saturated carbocycles. The summed E-state index contributed by atoms with van der Waals surface area (Å²) in [7, 11) is 0. The maximum atomic E-state index is 4.49. The van der Waals surface area contributed by atoms with Gasteiger partial charge in [-0.25, -0.2) is 4.98 Å². The second-order valence-electron chi connectivity index (χ2n) is 4.14. The zero-order valence-corrected chi connectivity index (χ0v) is 13.9. The molecule has 20 heavy (non-hydrogen) atoms. The van der Waals surface area contributed by atoms with Crippen LogP contribution in [0.25, 0.3) is 0 Å². The fourth-order valence-corrected chi connectivity index (χ4v) is 2.50. The number of hydrogen-bond donors (Lipinski definition) is 2. The molecular formula is C14H17BrN4S. The highest BCUT2D eigenvalue weighted by atomic mass is 79.9. The van der Waals surface area contributed by atoms with Crippen LogP contribution in [-0.4, -0.2) is 22.8 Å². The van der Waals surface area contributed by atoms with Gasteiger partial charge in [0, 0.05) is 17.6 Å². The van der Waals surface area contributed by atoms with E-state index in [1.807, 2.05) is 18.2 Å². The minimum absolute atomic E-state index is 0.638. The van der Waals surface area contributed by atoms with E-state index in [1.54, 1.807) is 18.0 Å². The van der Waals surface area contributed by atoms with Crippen LogP contribution >= 0.6 is 27.7 Å². The van der Waals surface area contributed by atoms with E-state index in [2.05, 4.69) is 55.8 Å². The predicted molar refractivity (Wildman–Crippen MR) is 90.0 cm³/mol. The molecule has 0 saturated heterocycles. The van der Waals surface area contributed by atoms with E-state index >= 15 is 0 Å². The van der Waals surface area contributed by atoms with Crippen LogP contribution in [-0.2, 0) is 0 Å². The molecule has 2 N–H and O–H groups in total. The monoisotopic (exact) mass is 352 g/mol. The van der Waals surface area contributed by atoms with Crippen LogP contribution in [0.2, 0.25) is 0 Å². The lowest BCUT2D eigenvalue weighted by atomic mass is 10.3. The summed E-state index contributed by atoms with van der Waals surface area (Å²) in [6.45, 7) is 2.97. The maximum absolute atomic E-state index is 4.49. The van der Waals surface area contributed by atoms with Crippen LogP contribution in [0, 0.1) is 0 Å². The molecule has 106 valence electrons. The summed E-state index contributed by atoms with van der Waals surface area (Å²) in [5, 5.41) is 6.54. The Bertz CT molecular complexity index is 577. The molecule has 1 aromatic carbocycles. The molecule has 0 fully saturated rings. The van der Waals surface area contributed by atoms with Gasteiger partial charge in [-0.2, -0.15) is 4.98 Å². The Morgan fingerprint density at radius 3 is 2.85 bits per heavy atom. The van der Waals surface area contributed by atoms with Gasteiger partial charge in [0.15, 0.2) is 0 Å². The highest BCUT2D eigenvalue weighted by Crippen LogP contribution is 2.30. The summed E-state index contributed by atoms with van der Waals surface area (Å²) in [5.41, 5.74) is 1.04. The van der Waals surface area contributed by atoms with Crippen LogP contribution in [0.4, 0.5) is 17.5 Å². The molecule has 0 spiro atoms. The Labute approximate surface area is 131 Å². The summed E-state index contributed by atoms with van der Waals surface area (Å²) in [4.78, 5) is 9.92. The van der Waals surface area contributed by atoms with Crippen molar-refractivity contribution >= 4 is 45.1 Å². The first-order chi connectivity index (χ1) is 9.74. The first-order valence-electron chi connectivity index (χ1n) is 6.41. The molecule has 0 radical (unpaired) electrons. The number of anilines is 3. The number of halogens is 1. The molecular weight excluding hydrogens is 336 g/mol. The van der Waals surface area contributed by atoms with E-state index in [0.717, 1.165) is 28.9 Å². The molecule has 0 aliphatic carbocycles. The van der Waals surface area contributed by atoms with Crippen molar-refractivity contribution in [3.63, 3.8) is 0 Å². The number of benzene rings is 1. The fraction of sp³-hybridized carbons (Fsp3) is 0.286. The number of nitrogens with zero attached hydrogens (tertiary/aromatic N) is 2. The highest BCUT2D eigenvalue weighted by Gasteiger charge is 2.07. The van der Waals surface area contributed by atoms with Gasteiger partial charge >= 0.3 is 0 Å². The Morgan fingerprint density at radius 1 is 1.30 bits per heavy atom. The summed E-state index contributed by atoms with van der Waals surface area (Å²) in [6, 6.07) is 8.16. The minimum Gasteiger partial charge on any atom is -0.354 e. The van der Waals surface area contributed by atoms with Gasteiger partial charge in [0.25, 0.3) is 0 Å². The van der Waals surface area contributed by atoms with Gasteiger partial charge < -0.3 is 10.6 Å². The van der Waals surface area contributed by atoms with E-state index < -0.39 is 0 Å². The maximum Gasteiger partial charge on any atom is 0.224 e. The zero-order chi connectivity index (χ0) is 14.4. The van der Waals surface area contributed by atoms with E-state index in [-0.39, 0.29) is 0 Å². The van der Waals surface area contributed by atoms with Gasteiger partial charge in [-0.15, -0.1) is 11.8 Å². The van der Waals surface area contributed by atoms with Crippen molar-refractivity contribution in [2.45, 2.75) is 18.2 Å². The van der Waals surface area contributed by atoms with Crippen LogP contribution in [0.3, 0.4) is 0 Å². The normalized spacial score (nSPS) is 10.3. The SMILES string of the molecule is CCCNc1ncc(Br)c(Nc2ccccc2SC)n1. The fourth-order valence-electron chi connectivity index (χ4n) is 1.65. The molecule has 0 bridgehead atoms. The summed E-state index contributed by atoms with van der Waals surface area (Å²) in [6.07, 6.45) is 4.86. The van der Waals surface area contributed by atoms with Crippen molar-refractivity contribution < 1.29 is 0 Å². The molecule has 6 heteroatoms. The number of thioether (sulfide) groups is 1. The zero-order valence-electron chi connectivity index (χ0n) is 11.5. The molecule has 2 rings (SSSR count). The van der Waals surface area contributed by atoms with Gasteiger partial charge in [0.1, 0.15) is 5.82 Å². The van der Waals surface area contributed by atoms with Gasteiger partial charge in [0.05, 0.1) is 10.2 Å². The summed E-state index contributed by atoms with van der Waals surface area (Å²) in [5.74, 6) is 1.40. The van der Waals surface area contributed by atoms with Crippen molar-refractivity contribution in [1.82, 2.24) is 9.97 Å². The van der Waals surface area contributed by atoms with E-state index in [4.69, 9.17) is 0 Å². The van der Waals surface area contributed by atoms with Gasteiger partial charge in [-0.3, -0.25) is 0 Å². The van der Waals surface area contributed by atoms with Crippen LogP contribution in [0.5, 0.6) is 0 Å². The third kappa shape index (κ3) is 3.86. The second-order valence-corrected chi connectivity index (χ2v) is 5.84. The minimum atomic E-state index is 0.638. The summed E-state index contributed by atoms with van der Waals surface area (Å²) >= 11 is 5.18. The lowest BCUT2D eigenvalue weighted by molar-refractivity contribution is 0.952. The standard InChI is InChI=1S/C14H17BrN4S/c1-3-8-16-14-17-9-10(15)13(19-14)18-11-6-4-5-7-12(11)20-2/h4-7,9H,3,8H2,1-2H3,(H2,16,17,18,19). The van der Waals surface area contributed by atoms with E-state index in [0.29, 0.717) is 5.95 Å². The highest BCUT2D eigenvalue weighted by molar-refractivity contribution is 9.10. The van der Waals surface area contributed by atoms with Crippen LogP contribution < -0.4 is 10.6 Å². The Balaban J connectivity index is 2.23. The van der Waals surface area contributed by atoms with E-state index in [9.17, 15) is 0 Å². The number of para-hydroxylation sites is 1. The molecule has 0 unspecified atom stereocenters. The third-order valence-corrected chi connectivity index (χ3v) is 4.01. The molecule has 4 nitrogen and oxygen atoms in total. The van der Waals surface area contributed by atoms with Gasteiger partial charge in [-0.05, 0) is 40.7 Å². The Morgan fingerprint density at radius 2 is 2.10 bits per heavy atom. The lowest BCUT2D eigenvalue weighted by Gasteiger charge is -2.12. The molecule has 0 aliphatic heterocycles. The molecule has 0 atom stereocenters. The van der Waals surface area contributed by atoms with Crippen molar-refractivity contribution in [3.05, 3.63) is 34.9 Å². The van der Waals surface area contributed by atoms with Crippen LogP contribution in [0.1, 0.15) is 13.3 Å². The smallest absolute Gasteiger partial charge is 0.224 e. The molecule has 2 aromatic rings. The Hall–Kier alpha value is -1.27. The molecule has 1 heterocycles. The lowest BCUT2D eigenvalue weighted by Crippen LogP contribution is -2.06. The topological polar surface area (TPSA) is 49.8 Å². The first kappa shape index (κ1) is 15.1. The second kappa shape index (κ2) is 7.50. The van der Waals surface area contributed by atoms with Crippen molar-refractivity contribution in [2.24, 2.45) is 0 Å². The number of rotatable bonds is 6. The molecule has 0 amide bonds. The van der Waals surface area contributed by atoms with Gasteiger partial charge in [0.2, 0.25) is 5.95 Å². The average Bonchev–Trinajstić information content (AvgIpc) is 2.48. The summed E-state index contributed by atoms with van der Waals surface area (Å²) < 4.78 is 0.843. The van der Waals surface area contributed by atoms with E-state index in [1.165, 1.54) is 4.90 Å².